The largest absolute Gasteiger partial charge is 0.455 e. The third kappa shape index (κ3) is 3.08. The molecule has 0 aromatic carbocycles. The average molecular weight is 214 g/mol. The molecule has 4 nitrogen and oxygen atoms in total. The van der Waals surface area contributed by atoms with Gasteiger partial charge >= 0.3 is 5.97 Å². The summed E-state index contributed by atoms with van der Waals surface area (Å²) >= 11 is 1.37. The second-order valence-electron chi connectivity index (χ2n) is 3.83. The highest BCUT2D eigenvalue weighted by Gasteiger charge is 2.19. The number of nitrogens with zero attached hydrogens (tertiary/aromatic N) is 1. The molecule has 0 radical (unpaired) electrons. The van der Waals surface area contributed by atoms with Crippen LogP contribution in [0.5, 0.6) is 0 Å². The highest BCUT2D eigenvalue weighted by atomic mass is 32.1. The molecule has 1 rings (SSSR count). The van der Waals surface area contributed by atoms with Crippen molar-refractivity contribution in [2.45, 2.75) is 32.9 Å². The molecular weight excluding hydrogens is 200 g/mol. The van der Waals surface area contributed by atoms with Gasteiger partial charge in [0.15, 0.2) is 5.69 Å². The molecule has 5 heteroatoms. The molecule has 0 aliphatic carbocycles. The number of hydrogen-bond donors (Lipinski definition) is 1. The molecule has 0 bridgehead atoms. The van der Waals surface area contributed by atoms with Crippen molar-refractivity contribution in [3.8, 4) is 0 Å². The number of thiazole rings is 1. The van der Waals surface area contributed by atoms with Crippen LogP contribution in [0.4, 0.5) is 0 Å². The van der Waals surface area contributed by atoms with Crippen LogP contribution in [-0.2, 0) is 11.3 Å². The molecule has 0 saturated carbocycles. The highest BCUT2D eigenvalue weighted by Crippen LogP contribution is 2.14. The van der Waals surface area contributed by atoms with Crippen LogP contribution in [0.2, 0.25) is 0 Å². The SMILES string of the molecule is CC(C)(C)OC(=O)c1csc(CN)n1. The van der Waals surface area contributed by atoms with Crippen LogP contribution in [0.3, 0.4) is 0 Å². The van der Waals surface area contributed by atoms with E-state index >= 15 is 0 Å². The third-order valence-electron chi connectivity index (χ3n) is 1.33. The molecular formula is C9H14N2O2S. The zero-order valence-corrected chi connectivity index (χ0v) is 9.35. The maximum absolute atomic E-state index is 11.5. The van der Waals surface area contributed by atoms with E-state index in [4.69, 9.17) is 10.5 Å². The van der Waals surface area contributed by atoms with E-state index in [2.05, 4.69) is 4.98 Å². The van der Waals surface area contributed by atoms with Gasteiger partial charge in [-0.2, -0.15) is 0 Å². The molecule has 0 aliphatic heterocycles. The Hall–Kier alpha value is -0.940. The predicted octanol–water partition coefficient (Wildman–Crippen LogP) is 1.56. The number of nitrogens with two attached hydrogens (primary N) is 1. The van der Waals surface area contributed by atoms with Gasteiger partial charge in [0, 0.05) is 11.9 Å². The molecule has 78 valence electrons. The number of aromatic nitrogens is 1. The minimum Gasteiger partial charge on any atom is -0.455 e. The van der Waals surface area contributed by atoms with E-state index in [0.717, 1.165) is 5.01 Å². The summed E-state index contributed by atoms with van der Waals surface area (Å²) in [4.78, 5) is 15.5. The maximum atomic E-state index is 11.5. The second kappa shape index (κ2) is 4.06. The van der Waals surface area contributed by atoms with E-state index in [1.54, 1.807) is 5.38 Å². The Balaban J connectivity index is 2.70. The molecule has 0 saturated heterocycles. The standard InChI is InChI=1S/C9H14N2O2S/c1-9(2,3)13-8(12)6-5-14-7(4-10)11-6/h5H,4,10H2,1-3H3. The van der Waals surface area contributed by atoms with E-state index in [-0.39, 0.29) is 0 Å². The zero-order chi connectivity index (χ0) is 10.8. The zero-order valence-electron chi connectivity index (χ0n) is 8.53. The molecule has 0 amide bonds. The summed E-state index contributed by atoms with van der Waals surface area (Å²) in [6.07, 6.45) is 0. The lowest BCUT2D eigenvalue weighted by molar-refractivity contribution is 0.00635. The van der Waals surface area contributed by atoms with Crippen molar-refractivity contribution >= 4 is 17.3 Å². The van der Waals surface area contributed by atoms with Gasteiger partial charge in [-0.3, -0.25) is 0 Å². The number of carbonyl (C=O) groups is 1. The summed E-state index contributed by atoms with van der Waals surface area (Å²) < 4.78 is 5.15. The van der Waals surface area contributed by atoms with Crippen LogP contribution >= 0.6 is 11.3 Å². The van der Waals surface area contributed by atoms with E-state index in [9.17, 15) is 4.79 Å². The first-order chi connectivity index (χ1) is 6.42. The molecule has 1 heterocycles. The van der Waals surface area contributed by atoms with Gasteiger partial charge in [-0.15, -0.1) is 11.3 Å². The molecule has 1 aromatic heterocycles. The van der Waals surface area contributed by atoms with Gasteiger partial charge in [0.05, 0.1) is 0 Å². The number of carbonyl (C=O) groups excluding carboxylic acids is 1. The number of esters is 1. The Kier molecular flexibility index (Phi) is 3.23. The van der Waals surface area contributed by atoms with Crippen LogP contribution < -0.4 is 5.73 Å². The van der Waals surface area contributed by atoms with E-state index in [1.807, 2.05) is 20.8 Å². The summed E-state index contributed by atoms with van der Waals surface area (Å²) in [6, 6.07) is 0. The van der Waals surface area contributed by atoms with Crippen molar-refractivity contribution in [2.75, 3.05) is 0 Å². The van der Waals surface area contributed by atoms with Crippen LogP contribution in [-0.4, -0.2) is 16.6 Å². The van der Waals surface area contributed by atoms with Crippen LogP contribution in [0.25, 0.3) is 0 Å². The molecule has 14 heavy (non-hydrogen) atoms. The quantitative estimate of drug-likeness (QED) is 0.759. The van der Waals surface area contributed by atoms with Crippen molar-refractivity contribution < 1.29 is 9.53 Å². The van der Waals surface area contributed by atoms with Gasteiger partial charge in [0.25, 0.3) is 0 Å². The topological polar surface area (TPSA) is 65.2 Å². The van der Waals surface area contributed by atoms with Gasteiger partial charge in [-0.25, -0.2) is 9.78 Å². The summed E-state index contributed by atoms with van der Waals surface area (Å²) in [5, 5.41) is 2.40. The summed E-state index contributed by atoms with van der Waals surface area (Å²) in [5.74, 6) is -0.395. The molecule has 0 spiro atoms. The van der Waals surface area contributed by atoms with Crippen LogP contribution in [0, 0.1) is 0 Å². The Bertz CT molecular complexity index is 328. The lowest BCUT2D eigenvalue weighted by atomic mass is 10.2. The van der Waals surface area contributed by atoms with E-state index in [1.165, 1.54) is 11.3 Å². The highest BCUT2D eigenvalue weighted by molar-refractivity contribution is 7.09. The molecule has 2 N–H and O–H groups in total. The van der Waals surface area contributed by atoms with Crippen molar-refractivity contribution in [3.05, 3.63) is 16.1 Å². The molecule has 0 unspecified atom stereocenters. The Morgan fingerprint density at radius 1 is 1.64 bits per heavy atom. The van der Waals surface area contributed by atoms with E-state index < -0.39 is 11.6 Å². The van der Waals surface area contributed by atoms with Crippen LogP contribution in [0.15, 0.2) is 5.38 Å². The van der Waals surface area contributed by atoms with Gasteiger partial charge in [-0.1, -0.05) is 0 Å². The Morgan fingerprint density at radius 3 is 2.71 bits per heavy atom. The number of rotatable bonds is 2. The summed E-state index contributed by atoms with van der Waals surface area (Å²) in [5.41, 5.74) is 5.24. The van der Waals surface area contributed by atoms with Crippen molar-refractivity contribution in [1.82, 2.24) is 4.98 Å². The summed E-state index contributed by atoms with van der Waals surface area (Å²) in [7, 11) is 0. The molecule has 0 aliphatic rings. The fourth-order valence-electron chi connectivity index (χ4n) is 0.829. The monoisotopic (exact) mass is 214 g/mol. The van der Waals surface area contributed by atoms with Crippen molar-refractivity contribution in [2.24, 2.45) is 5.73 Å². The normalized spacial score (nSPS) is 11.4. The first-order valence-electron chi connectivity index (χ1n) is 4.30. The molecule has 0 fully saturated rings. The Labute approximate surface area is 87.1 Å². The smallest absolute Gasteiger partial charge is 0.358 e. The minimum absolute atomic E-state index is 0.338. The predicted molar refractivity (Wildman–Crippen MR) is 55.2 cm³/mol. The fraction of sp³-hybridized carbons (Fsp3) is 0.556. The maximum Gasteiger partial charge on any atom is 0.358 e. The second-order valence-corrected chi connectivity index (χ2v) is 4.78. The van der Waals surface area contributed by atoms with E-state index in [0.29, 0.717) is 12.2 Å². The number of ether oxygens (including phenoxy) is 1. The van der Waals surface area contributed by atoms with Crippen molar-refractivity contribution in [1.29, 1.82) is 0 Å². The van der Waals surface area contributed by atoms with Gasteiger partial charge in [-0.05, 0) is 20.8 Å². The number of hydrogen-bond acceptors (Lipinski definition) is 5. The lowest BCUT2D eigenvalue weighted by Crippen LogP contribution is -2.24. The lowest BCUT2D eigenvalue weighted by Gasteiger charge is -2.18. The molecule has 1 aromatic rings. The van der Waals surface area contributed by atoms with Gasteiger partial charge < -0.3 is 10.5 Å². The molecule has 0 atom stereocenters. The van der Waals surface area contributed by atoms with Gasteiger partial charge in [0.2, 0.25) is 0 Å². The van der Waals surface area contributed by atoms with Gasteiger partial charge in [0.1, 0.15) is 10.6 Å². The third-order valence-corrected chi connectivity index (χ3v) is 2.21. The minimum atomic E-state index is -0.483. The first kappa shape index (κ1) is 11.1. The van der Waals surface area contributed by atoms with Crippen LogP contribution in [0.1, 0.15) is 36.3 Å². The summed E-state index contributed by atoms with van der Waals surface area (Å²) in [6.45, 7) is 5.82. The fourth-order valence-corrected chi connectivity index (χ4v) is 1.47. The Morgan fingerprint density at radius 2 is 2.29 bits per heavy atom. The first-order valence-corrected chi connectivity index (χ1v) is 5.18. The van der Waals surface area contributed by atoms with Crippen molar-refractivity contribution in [3.63, 3.8) is 0 Å². The average Bonchev–Trinajstić information content (AvgIpc) is 2.48.